The Kier molecular flexibility index (Phi) is 8.97. The van der Waals surface area contributed by atoms with E-state index in [4.69, 9.17) is 19.6 Å². The molecule has 1 N–H and O–H groups in total. The second kappa shape index (κ2) is 12.9. The highest BCUT2D eigenvalue weighted by Gasteiger charge is 2.31. The van der Waals surface area contributed by atoms with Crippen LogP contribution < -0.4 is 9.80 Å². The van der Waals surface area contributed by atoms with E-state index in [0.29, 0.717) is 64.7 Å². The van der Waals surface area contributed by atoms with Gasteiger partial charge in [-0.1, -0.05) is 37.5 Å². The fraction of sp³-hybridized carbons (Fsp3) is 0.485. The first kappa shape index (κ1) is 31.2. The molecule has 5 heterocycles. The number of aromatic nitrogens is 5. The number of morpholine rings is 1. The van der Waals surface area contributed by atoms with Crippen molar-refractivity contribution in [2.45, 2.75) is 63.8 Å². The van der Waals surface area contributed by atoms with Crippen molar-refractivity contribution < 1.29 is 19.0 Å². The molecule has 6 rings (SSSR count). The molecule has 2 aliphatic heterocycles. The number of ether oxygens (including phenoxy) is 2. The maximum atomic E-state index is 13.8. The summed E-state index contributed by atoms with van der Waals surface area (Å²) < 4.78 is 29.1. The molecule has 1 aromatic carbocycles. The molecule has 0 unspecified atom stereocenters. The Balaban J connectivity index is 1.30. The normalized spacial score (nSPS) is 18.7. The van der Waals surface area contributed by atoms with Gasteiger partial charge in [-0.25, -0.2) is 14.1 Å². The lowest BCUT2D eigenvalue weighted by Crippen LogP contribution is -2.44. The van der Waals surface area contributed by atoms with Gasteiger partial charge >= 0.3 is 0 Å². The van der Waals surface area contributed by atoms with Crippen LogP contribution in [-0.4, -0.2) is 88.8 Å². The molecule has 238 valence electrons. The molecule has 0 spiro atoms. The maximum Gasteiger partial charge on any atom is 0.168 e. The number of hydrogen-bond donors (Lipinski definition) is 1. The quantitative estimate of drug-likeness (QED) is 0.170. The fourth-order valence-electron chi connectivity index (χ4n) is 5.72. The third kappa shape index (κ3) is 7.22. The Bertz CT molecular complexity index is 1700. The van der Waals surface area contributed by atoms with Crippen molar-refractivity contribution in [1.29, 1.82) is 0 Å². The lowest BCUT2D eigenvalue weighted by atomic mass is 9.91. The summed E-state index contributed by atoms with van der Waals surface area (Å²) in [4.78, 5) is 9.40. The van der Waals surface area contributed by atoms with Crippen molar-refractivity contribution in [1.82, 2.24) is 24.5 Å². The smallest absolute Gasteiger partial charge is 0.168 e. The van der Waals surface area contributed by atoms with Gasteiger partial charge in [-0.3, -0.25) is 0 Å². The topological polar surface area (TPSA) is 93.7 Å². The molecule has 4 aromatic rings. The lowest BCUT2D eigenvalue weighted by molar-refractivity contribution is 0.0746. The molecule has 2 aliphatic rings. The Morgan fingerprint density at radius 3 is 2.71 bits per heavy atom. The number of rotatable bonds is 8. The third-order valence-electron chi connectivity index (χ3n) is 8.50. The number of aliphatic hydroxyl groups is 1. The van der Waals surface area contributed by atoms with Crippen LogP contribution in [0.2, 0.25) is 25.7 Å². The Morgan fingerprint density at radius 1 is 1.13 bits per heavy atom. The average Bonchev–Trinajstić information content (AvgIpc) is 3.65. The number of anilines is 2. The average molecular weight is 632 g/mol. The summed E-state index contributed by atoms with van der Waals surface area (Å²) in [7, 11) is -1.21. The monoisotopic (exact) mass is 631 g/mol. The van der Waals surface area contributed by atoms with Gasteiger partial charge in [0.15, 0.2) is 11.5 Å². The minimum atomic E-state index is -1.21. The number of benzene rings is 1. The number of halogens is 1. The van der Waals surface area contributed by atoms with Gasteiger partial charge in [0.1, 0.15) is 24.0 Å². The molecule has 0 amide bonds. The molecule has 0 saturated carbocycles. The van der Waals surface area contributed by atoms with E-state index in [9.17, 15) is 9.50 Å². The Hall–Kier alpha value is -3.76. The highest BCUT2D eigenvalue weighted by molar-refractivity contribution is 6.76. The minimum Gasteiger partial charge on any atom is -0.377 e. The summed E-state index contributed by atoms with van der Waals surface area (Å²) in [5, 5.41) is 21.5. The number of fused-ring (bicyclic) bond motifs is 1. The van der Waals surface area contributed by atoms with E-state index in [-0.39, 0.29) is 11.9 Å². The van der Waals surface area contributed by atoms with Crippen molar-refractivity contribution in [3.8, 4) is 17.7 Å². The molecular formula is C33H42FN7O3Si. The van der Waals surface area contributed by atoms with Crippen LogP contribution in [0.5, 0.6) is 0 Å². The number of piperidine rings is 1. The molecule has 10 nitrogen and oxygen atoms in total. The summed E-state index contributed by atoms with van der Waals surface area (Å²) in [6.45, 7) is 13.2. The first-order valence-electron chi connectivity index (χ1n) is 15.7. The molecule has 12 heteroatoms. The van der Waals surface area contributed by atoms with Gasteiger partial charge in [0.25, 0.3) is 0 Å². The van der Waals surface area contributed by atoms with Gasteiger partial charge in [-0.15, -0.1) is 0 Å². The zero-order valence-corrected chi connectivity index (χ0v) is 27.5. The van der Waals surface area contributed by atoms with Crippen LogP contribution in [0.4, 0.5) is 15.9 Å². The summed E-state index contributed by atoms with van der Waals surface area (Å²) >= 11 is 0. The second-order valence-electron chi connectivity index (χ2n) is 13.2. The van der Waals surface area contributed by atoms with E-state index < -0.39 is 13.7 Å². The molecule has 45 heavy (non-hydrogen) atoms. The first-order chi connectivity index (χ1) is 21.6. The standard InChI is InChI=1S/C33H42FN7O3Si/c1-25-23-43-17-16-39(25)30-20-26(8-10-33(42)11-14-38(15-12-33)28-7-5-6-27(34)21-28)29-22-36-41(32(29)37-30)31-9-13-35-40(31)24-44-18-19-45(2,3)4/h5-7,9,13,20-22,25,42H,11-12,14-19,23-24H2,1-4H3/t25-/m1/s1. The summed E-state index contributed by atoms with van der Waals surface area (Å²) in [5.41, 5.74) is 1.07. The number of nitrogens with zero attached hydrogens (tertiary/aromatic N) is 7. The van der Waals surface area contributed by atoms with Gasteiger partial charge in [0, 0.05) is 64.5 Å². The van der Waals surface area contributed by atoms with E-state index >= 15 is 0 Å². The van der Waals surface area contributed by atoms with Crippen LogP contribution in [0.15, 0.2) is 48.8 Å². The van der Waals surface area contributed by atoms with E-state index in [1.54, 1.807) is 27.8 Å². The zero-order valence-electron chi connectivity index (χ0n) is 26.5. The van der Waals surface area contributed by atoms with Gasteiger partial charge in [-0.05, 0) is 37.2 Å². The van der Waals surface area contributed by atoms with Gasteiger partial charge < -0.3 is 24.4 Å². The van der Waals surface area contributed by atoms with Crippen LogP contribution in [0.25, 0.3) is 16.9 Å². The van der Waals surface area contributed by atoms with Gasteiger partial charge in [-0.2, -0.15) is 14.9 Å². The van der Waals surface area contributed by atoms with Crippen molar-refractivity contribution in [2.24, 2.45) is 0 Å². The zero-order chi connectivity index (χ0) is 31.6. The molecule has 0 bridgehead atoms. The molecular weight excluding hydrogens is 589 g/mol. The Morgan fingerprint density at radius 2 is 1.96 bits per heavy atom. The van der Waals surface area contributed by atoms with Crippen molar-refractivity contribution in [2.75, 3.05) is 49.3 Å². The van der Waals surface area contributed by atoms with Crippen LogP contribution >= 0.6 is 0 Å². The SMILES string of the molecule is C[C@@H]1COCCN1c1cc(C#CC2(O)CCN(c3cccc(F)c3)CC2)c2cnn(-c3ccnn3COCC[Si](C)(C)C)c2n1. The van der Waals surface area contributed by atoms with Crippen molar-refractivity contribution in [3.05, 3.63) is 60.2 Å². The molecule has 2 saturated heterocycles. The van der Waals surface area contributed by atoms with E-state index in [2.05, 4.69) is 53.3 Å². The highest BCUT2D eigenvalue weighted by Crippen LogP contribution is 2.29. The summed E-state index contributed by atoms with van der Waals surface area (Å²) in [6.07, 6.45) is 4.42. The van der Waals surface area contributed by atoms with Gasteiger partial charge in [0.05, 0.1) is 37.0 Å². The fourth-order valence-corrected chi connectivity index (χ4v) is 6.48. The van der Waals surface area contributed by atoms with Gasteiger partial charge in [0.2, 0.25) is 0 Å². The third-order valence-corrected chi connectivity index (χ3v) is 10.2. The lowest BCUT2D eigenvalue weighted by Gasteiger charge is -2.36. The van der Waals surface area contributed by atoms with Crippen LogP contribution in [0, 0.1) is 17.7 Å². The molecule has 0 radical (unpaired) electrons. The minimum absolute atomic E-state index is 0.141. The summed E-state index contributed by atoms with van der Waals surface area (Å²) in [6, 6.07) is 11.7. The van der Waals surface area contributed by atoms with Crippen LogP contribution in [0.1, 0.15) is 25.3 Å². The van der Waals surface area contributed by atoms with E-state index in [1.807, 2.05) is 18.2 Å². The number of pyridine rings is 1. The molecule has 3 aromatic heterocycles. The van der Waals surface area contributed by atoms with E-state index in [0.717, 1.165) is 34.3 Å². The molecule has 2 fully saturated rings. The summed E-state index contributed by atoms with van der Waals surface area (Å²) in [5.74, 6) is 7.78. The second-order valence-corrected chi connectivity index (χ2v) is 18.8. The van der Waals surface area contributed by atoms with E-state index in [1.165, 1.54) is 12.1 Å². The van der Waals surface area contributed by atoms with Crippen molar-refractivity contribution in [3.63, 3.8) is 0 Å². The highest BCUT2D eigenvalue weighted by atomic mass is 28.3. The van der Waals surface area contributed by atoms with Crippen molar-refractivity contribution >= 4 is 30.6 Å². The molecule has 0 aliphatic carbocycles. The largest absolute Gasteiger partial charge is 0.377 e. The first-order valence-corrected chi connectivity index (χ1v) is 19.4. The van der Waals surface area contributed by atoms with Crippen LogP contribution in [0.3, 0.4) is 0 Å². The molecule has 1 atom stereocenters. The predicted molar refractivity (Wildman–Crippen MR) is 176 cm³/mol. The Labute approximate surface area is 264 Å². The number of hydrogen-bond acceptors (Lipinski definition) is 8. The maximum absolute atomic E-state index is 13.8. The predicted octanol–water partition coefficient (Wildman–Crippen LogP) is 4.68. The van der Waals surface area contributed by atoms with Crippen LogP contribution in [-0.2, 0) is 16.2 Å².